The van der Waals surface area contributed by atoms with Crippen LogP contribution in [0, 0.1) is 0 Å². The number of hydrogen-bond donors (Lipinski definition) is 0. The van der Waals surface area contributed by atoms with Crippen LogP contribution in [0.2, 0.25) is 4.34 Å². The van der Waals surface area contributed by atoms with Gasteiger partial charge in [-0.3, -0.25) is 9.21 Å². The van der Waals surface area contributed by atoms with Crippen molar-refractivity contribution in [3.63, 3.8) is 0 Å². The van der Waals surface area contributed by atoms with Crippen molar-refractivity contribution in [1.82, 2.24) is 9.21 Å². The average molecular weight is 528 g/mol. The van der Waals surface area contributed by atoms with Gasteiger partial charge in [-0.05, 0) is 36.8 Å². The van der Waals surface area contributed by atoms with E-state index < -0.39 is 21.8 Å². The number of hydrogen-bond acceptors (Lipinski definition) is 5. The van der Waals surface area contributed by atoms with Gasteiger partial charge < -0.3 is 4.90 Å². The Hall–Kier alpha value is -1.46. The van der Waals surface area contributed by atoms with Crippen LogP contribution in [0.1, 0.15) is 17.5 Å². The number of halogens is 5. The van der Waals surface area contributed by atoms with Crippen molar-refractivity contribution in [3.8, 4) is 0 Å². The Labute approximate surface area is 200 Å². The molecule has 1 aromatic heterocycles. The zero-order valence-corrected chi connectivity index (χ0v) is 20.1. The fourth-order valence-electron chi connectivity index (χ4n) is 3.78. The number of thiophene rings is 1. The first-order valence-electron chi connectivity index (χ1n) is 9.78. The molecule has 0 amide bonds. The summed E-state index contributed by atoms with van der Waals surface area (Å²) in [5.41, 5.74) is 0.555. The lowest BCUT2D eigenvalue weighted by molar-refractivity contribution is -0.137. The van der Waals surface area contributed by atoms with Crippen LogP contribution in [0.15, 0.2) is 40.7 Å². The first-order chi connectivity index (χ1) is 14.6. The minimum absolute atomic E-state index is 0. The van der Waals surface area contributed by atoms with Crippen LogP contribution < -0.4 is 4.90 Å². The van der Waals surface area contributed by atoms with Gasteiger partial charge in [-0.15, -0.1) is 23.7 Å². The molecule has 0 unspecified atom stereocenters. The van der Waals surface area contributed by atoms with Crippen molar-refractivity contribution < 1.29 is 21.6 Å². The van der Waals surface area contributed by atoms with Gasteiger partial charge in [0.15, 0.2) is 0 Å². The summed E-state index contributed by atoms with van der Waals surface area (Å²) in [6, 6.07) is 7.05. The van der Waals surface area contributed by atoms with E-state index in [-0.39, 0.29) is 16.6 Å². The SMILES string of the molecule is Cl.O=S1(=O)c2sc(Cl)cc2C=CN1CCCN1CCN(c2cccc(C(F)(F)F)c2)CC1. The largest absolute Gasteiger partial charge is 0.416 e. The topological polar surface area (TPSA) is 43.9 Å². The Morgan fingerprint density at radius 2 is 1.78 bits per heavy atom. The Balaban J connectivity index is 0.00000289. The van der Waals surface area contributed by atoms with Crippen molar-refractivity contribution in [2.75, 3.05) is 44.2 Å². The fraction of sp³-hybridized carbons (Fsp3) is 0.400. The Morgan fingerprint density at radius 3 is 2.47 bits per heavy atom. The maximum absolute atomic E-state index is 12.9. The highest BCUT2D eigenvalue weighted by Gasteiger charge is 2.32. The van der Waals surface area contributed by atoms with Gasteiger partial charge in [-0.25, -0.2) is 8.42 Å². The predicted molar refractivity (Wildman–Crippen MR) is 124 cm³/mol. The molecule has 0 atom stereocenters. The third-order valence-corrected chi connectivity index (χ3v) is 9.00. The van der Waals surface area contributed by atoms with Gasteiger partial charge in [0.25, 0.3) is 10.0 Å². The smallest absolute Gasteiger partial charge is 0.369 e. The number of benzene rings is 1. The molecule has 0 bridgehead atoms. The maximum Gasteiger partial charge on any atom is 0.416 e. The van der Waals surface area contributed by atoms with Crippen molar-refractivity contribution in [2.24, 2.45) is 0 Å². The molecule has 0 radical (unpaired) electrons. The molecule has 5 nitrogen and oxygen atoms in total. The second kappa shape index (κ2) is 9.80. The predicted octanol–water partition coefficient (Wildman–Crippen LogP) is 5.03. The van der Waals surface area contributed by atoms with Crippen molar-refractivity contribution in [1.29, 1.82) is 0 Å². The summed E-state index contributed by atoms with van der Waals surface area (Å²) in [6.45, 7) is 3.75. The highest BCUT2D eigenvalue weighted by molar-refractivity contribution is 7.91. The summed E-state index contributed by atoms with van der Waals surface area (Å²) >= 11 is 7.02. The molecule has 0 saturated carbocycles. The zero-order chi connectivity index (χ0) is 22.2. The van der Waals surface area contributed by atoms with Crippen LogP contribution in [0.4, 0.5) is 18.9 Å². The van der Waals surface area contributed by atoms with Gasteiger partial charge in [0, 0.05) is 56.7 Å². The number of nitrogens with zero attached hydrogens (tertiary/aromatic N) is 3. The minimum atomic E-state index is -4.35. The van der Waals surface area contributed by atoms with E-state index in [0.29, 0.717) is 61.3 Å². The lowest BCUT2D eigenvalue weighted by Crippen LogP contribution is -2.47. The van der Waals surface area contributed by atoms with E-state index in [1.54, 1.807) is 24.4 Å². The average Bonchev–Trinajstić information content (AvgIpc) is 3.12. The first-order valence-corrected chi connectivity index (χ1v) is 12.4. The Kier molecular flexibility index (Phi) is 7.71. The first kappa shape index (κ1) is 25.2. The second-order valence-electron chi connectivity index (χ2n) is 7.46. The van der Waals surface area contributed by atoms with Crippen molar-refractivity contribution >= 4 is 57.1 Å². The molecule has 0 aliphatic carbocycles. The normalized spacial score (nSPS) is 18.4. The molecule has 0 N–H and O–H groups in total. The zero-order valence-electron chi connectivity index (χ0n) is 16.9. The van der Waals surface area contributed by atoms with Crippen LogP contribution in [0.5, 0.6) is 0 Å². The van der Waals surface area contributed by atoms with Crippen molar-refractivity contribution in [2.45, 2.75) is 16.8 Å². The van der Waals surface area contributed by atoms with Crippen LogP contribution in [-0.4, -0.2) is 56.9 Å². The monoisotopic (exact) mass is 527 g/mol. The van der Waals surface area contributed by atoms with Gasteiger partial charge in [0.2, 0.25) is 0 Å². The number of anilines is 1. The molecule has 0 spiro atoms. The summed E-state index contributed by atoms with van der Waals surface area (Å²) in [4.78, 5) is 4.16. The highest BCUT2D eigenvalue weighted by Crippen LogP contribution is 2.36. The third-order valence-electron chi connectivity index (χ3n) is 5.42. The van der Waals surface area contributed by atoms with E-state index in [9.17, 15) is 21.6 Å². The van der Waals surface area contributed by atoms with Crippen LogP contribution >= 0.6 is 35.3 Å². The molecule has 176 valence electrons. The molecule has 1 saturated heterocycles. The lowest BCUT2D eigenvalue weighted by Gasteiger charge is -2.36. The summed E-state index contributed by atoms with van der Waals surface area (Å²) in [7, 11) is -3.56. The quantitative estimate of drug-likeness (QED) is 0.546. The standard InChI is InChI=1S/C20H21ClF3N3O2S2.ClH/c21-18-13-15-5-8-27(31(28,29)19(15)30-18)7-2-6-25-9-11-26(12-10-25)17-4-1-3-16(14-17)20(22,23)24;/h1,3-5,8,13-14H,2,6-7,9-12H2;1H. The molecule has 2 aliphatic rings. The van der Waals surface area contributed by atoms with Crippen LogP contribution in [0.25, 0.3) is 6.08 Å². The molecule has 3 heterocycles. The molecule has 32 heavy (non-hydrogen) atoms. The van der Waals surface area contributed by atoms with E-state index in [4.69, 9.17) is 11.6 Å². The summed E-state index contributed by atoms with van der Waals surface area (Å²) in [5, 5.41) is 0. The van der Waals surface area contributed by atoms with Gasteiger partial charge in [0.05, 0.1) is 9.90 Å². The molecule has 1 fully saturated rings. The maximum atomic E-state index is 12.9. The number of sulfonamides is 1. The van der Waals surface area contributed by atoms with E-state index in [1.165, 1.54) is 16.4 Å². The van der Waals surface area contributed by atoms with Crippen LogP contribution in [0.3, 0.4) is 0 Å². The van der Waals surface area contributed by atoms with Gasteiger partial charge in [-0.1, -0.05) is 17.7 Å². The number of piperazine rings is 1. The summed E-state index contributed by atoms with van der Waals surface area (Å²) in [6.07, 6.45) is -0.364. The van der Waals surface area contributed by atoms with Crippen molar-refractivity contribution in [3.05, 3.63) is 52.0 Å². The molecule has 12 heteroatoms. The van der Waals surface area contributed by atoms with Crippen LogP contribution in [-0.2, 0) is 16.2 Å². The van der Waals surface area contributed by atoms with E-state index >= 15 is 0 Å². The van der Waals surface area contributed by atoms with E-state index in [0.717, 1.165) is 17.4 Å². The Morgan fingerprint density at radius 1 is 1.06 bits per heavy atom. The van der Waals surface area contributed by atoms with Gasteiger partial charge in [0.1, 0.15) is 4.21 Å². The second-order valence-corrected chi connectivity index (χ2v) is 11.2. The molecule has 1 aromatic carbocycles. The third kappa shape index (κ3) is 5.36. The lowest BCUT2D eigenvalue weighted by atomic mass is 10.1. The number of rotatable bonds is 5. The summed E-state index contributed by atoms with van der Waals surface area (Å²) in [5.74, 6) is 0. The van der Waals surface area contributed by atoms with Gasteiger partial charge >= 0.3 is 6.18 Å². The fourth-order valence-corrected chi connectivity index (χ4v) is 7.08. The highest BCUT2D eigenvalue weighted by atomic mass is 35.5. The molecular formula is C20H22Cl2F3N3O2S2. The number of alkyl halides is 3. The molecule has 2 aromatic rings. The summed E-state index contributed by atoms with van der Waals surface area (Å²) < 4.78 is 66.3. The molecule has 4 rings (SSSR count). The minimum Gasteiger partial charge on any atom is -0.369 e. The molecular weight excluding hydrogens is 506 g/mol. The number of fused-ring (bicyclic) bond motifs is 1. The molecule has 2 aliphatic heterocycles. The Bertz CT molecular complexity index is 1080. The van der Waals surface area contributed by atoms with E-state index in [1.807, 2.05) is 4.90 Å². The van der Waals surface area contributed by atoms with Gasteiger partial charge in [-0.2, -0.15) is 13.2 Å². The van der Waals surface area contributed by atoms with E-state index in [2.05, 4.69) is 4.90 Å².